The Bertz CT molecular complexity index is 631. The predicted molar refractivity (Wildman–Crippen MR) is 74.3 cm³/mol. The van der Waals surface area contributed by atoms with Gasteiger partial charge in [-0.2, -0.15) is 5.10 Å². The lowest BCUT2D eigenvalue weighted by molar-refractivity contribution is 0.0698. The number of aromatic amines is 1. The third-order valence-corrected chi connectivity index (χ3v) is 2.75. The zero-order valence-corrected chi connectivity index (χ0v) is 11.0. The van der Waals surface area contributed by atoms with Crippen molar-refractivity contribution in [3.05, 3.63) is 41.6 Å². The van der Waals surface area contributed by atoms with Crippen LogP contribution in [0.15, 0.2) is 30.5 Å². The van der Waals surface area contributed by atoms with Gasteiger partial charge in [-0.3, -0.25) is 9.89 Å². The number of carbonyl (C=O) groups excluding carboxylic acids is 1. The molecule has 1 aromatic carbocycles. The van der Waals surface area contributed by atoms with Crippen LogP contribution in [-0.4, -0.2) is 41.3 Å². The second kappa shape index (κ2) is 5.43. The molecule has 20 heavy (non-hydrogen) atoms. The fourth-order valence-corrected chi connectivity index (χ4v) is 1.64. The molecule has 0 bridgehead atoms. The Morgan fingerprint density at radius 3 is 2.45 bits per heavy atom. The molecule has 104 valence electrons. The second-order valence-corrected chi connectivity index (χ2v) is 4.36. The number of aromatic carboxylic acids is 1. The fraction of sp³-hybridized carbons (Fsp3) is 0.154. The number of carboxylic acids is 1. The number of rotatable bonds is 4. The van der Waals surface area contributed by atoms with Gasteiger partial charge in [0.15, 0.2) is 0 Å². The molecular formula is C13H14N4O3. The Kier molecular flexibility index (Phi) is 3.69. The quantitative estimate of drug-likeness (QED) is 0.783. The zero-order valence-electron chi connectivity index (χ0n) is 11.0. The predicted octanol–water partition coefficient (Wildman–Crippen LogP) is 1.43. The van der Waals surface area contributed by atoms with Gasteiger partial charge in [-0.15, -0.1) is 0 Å². The van der Waals surface area contributed by atoms with Gasteiger partial charge in [-0.25, -0.2) is 4.79 Å². The summed E-state index contributed by atoms with van der Waals surface area (Å²) in [6, 6.07) is 6.95. The van der Waals surface area contributed by atoms with Crippen LogP contribution in [0.3, 0.4) is 0 Å². The van der Waals surface area contributed by atoms with E-state index in [-0.39, 0.29) is 11.4 Å². The molecule has 3 N–H and O–H groups in total. The summed E-state index contributed by atoms with van der Waals surface area (Å²) < 4.78 is 0. The van der Waals surface area contributed by atoms with Crippen molar-refractivity contribution in [2.24, 2.45) is 0 Å². The molecule has 0 unspecified atom stereocenters. The van der Waals surface area contributed by atoms with Crippen molar-refractivity contribution in [3.8, 4) is 0 Å². The van der Waals surface area contributed by atoms with E-state index in [1.807, 2.05) is 19.0 Å². The molecule has 7 heteroatoms. The summed E-state index contributed by atoms with van der Waals surface area (Å²) in [6.07, 6.45) is 1.15. The summed E-state index contributed by atoms with van der Waals surface area (Å²) >= 11 is 0. The van der Waals surface area contributed by atoms with Crippen molar-refractivity contribution in [2.45, 2.75) is 0 Å². The summed E-state index contributed by atoms with van der Waals surface area (Å²) in [6.45, 7) is 0. The van der Waals surface area contributed by atoms with Crippen molar-refractivity contribution >= 4 is 23.4 Å². The van der Waals surface area contributed by atoms with Crippen LogP contribution in [0, 0.1) is 0 Å². The van der Waals surface area contributed by atoms with E-state index in [1.54, 1.807) is 24.3 Å². The Balaban J connectivity index is 2.15. The van der Waals surface area contributed by atoms with E-state index in [1.165, 1.54) is 0 Å². The molecule has 0 radical (unpaired) electrons. The average molecular weight is 274 g/mol. The summed E-state index contributed by atoms with van der Waals surface area (Å²) in [5.41, 5.74) is 1.32. The number of amides is 1. The van der Waals surface area contributed by atoms with Crippen LogP contribution in [0.4, 0.5) is 11.5 Å². The standard InChI is InChI=1S/C13H14N4O3/c1-17(2)9-5-3-8(4-6-9)12(18)15-11-10(13(19)20)7-14-16-11/h3-7H,1-2H3,(H,19,20)(H2,14,15,16,18). The number of hydrogen-bond acceptors (Lipinski definition) is 4. The number of carbonyl (C=O) groups is 2. The van der Waals surface area contributed by atoms with Crippen LogP contribution >= 0.6 is 0 Å². The zero-order chi connectivity index (χ0) is 14.7. The first-order chi connectivity index (χ1) is 9.49. The molecule has 0 aliphatic rings. The smallest absolute Gasteiger partial charge is 0.341 e. The van der Waals surface area contributed by atoms with Gasteiger partial charge in [0.2, 0.25) is 0 Å². The highest BCUT2D eigenvalue weighted by atomic mass is 16.4. The highest BCUT2D eigenvalue weighted by molar-refractivity contribution is 6.06. The Labute approximate surface area is 115 Å². The first kappa shape index (κ1) is 13.6. The second-order valence-electron chi connectivity index (χ2n) is 4.36. The third kappa shape index (κ3) is 2.77. The van der Waals surface area contributed by atoms with Gasteiger partial charge >= 0.3 is 5.97 Å². The SMILES string of the molecule is CN(C)c1ccc(C(=O)Nc2[nH]ncc2C(=O)O)cc1. The lowest BCUT2D eigenvalue weighted by atomic mass is 10.2. The minimum atomic E-state index is -1.16. The van der Waals surface area contributed by atoms with Crippen LogP contribution in [0.25, 0.3) is 0 Å². The number of hydrogen-bond donors (Lipinski definition) is 3. The van der Waals surface area contributed by atoms with E-state index in [9.17, 15) is 9.59 Å². The van der Waals surface area contributed by atoms with Gasteiger partial charge < -0.3 is 15.3 Å². The Hall–Kier alpha value is -2.83. The topological polar surface area (TPSA) is 98.3 Å². The first-order valence-electron chi connectivity index (χ1n) is 5.84. The molecule has 2 aromatic rings. The minimum Gasteiger partial charge on any atom is -0.477 e. The summed E-state index contributed by atoms with van der Waals surface area (Å²) in [5, 5.41) is 17.5. The lowest BCUT2D eigenvalue weighted by Gasteiger charge is -2.12. The van der Waals surface area contributed by atoms with E-state index >= 15 is 0 Å². The summed E-state index contributed by atoms with van der Waals surface area (Å²) in [4.78, 5) is 24.8. The maximum Gasteiger partial charge on any atom is 0.341 e. The van der Waals surface area contributed by atoms with E-state index in [0.717, 1.165) is 11.9 Å². The fourth-order valence-electron chi connectivity index (χ4n) is 1.64. The number of benzene rings is 1. The maximum absolute atomic E-state index is 12.0. The monoisotopic (exact) mass is 274 g/mol. The largest absolute Gasteiger partial charge is 0.477 e. The number of anilines is 2. The maximum atomic E-state index is 12.0. The summed E-state index contributed by atoms with van der Waals surface area (Å²) in [7, 11) is 3.80. The average Bonchev–Trinajstić information content (AvgIpc) is 2.87. The van der Waals surface area contributed by atoms with E-state index in [2.05, 4.69) is 15.5 Å². The van der Waals surface area contributed by atoms with Crippen molar-refractivity contribution in [3.63, 3.8) is 0 Å². The van der Waals surface area contributed by atoms with Gasteiger partial charge in [0, 0.05) is 25.3 Å². The van der Waals surface area contributed by atoms with Crippen LogP contribution in [0.1, 0.15) is 20.7 Å². The number of nitrogens with one attached hydrogen (secondary N) is 2. The van der Waals surface area contributed by atoms with Gasteiger partial charge in [0.1, 0.15) is 11.4 Å². The molecule has 0 saturated heterocycles. The molecular weight excluding hydrogens is 260 g/mol. The molecule has 0 atom stereocenters. The first-order valence-corrected chi connectivity index (χ1v) is 5.84. The molecule has 1 amide bonds. The van der Waals surface area contributed by atoms with E-state index in [4.69, 9.17) is 5.11 Å². The number of H-pyrrole nitrogens is 1. The molecule has 0 aliphatic heterocycles. The Morgan fingerprint density at radius 1 is 1.25 bits per heavy atom. The molecule has 0 spiro atoms. The minimum absolute atomic E-state index is 0.0687. The molecule has 0 fully saturated rings. The molecule has 2 rings (SSSR count). The lowest BCUT2D eigenvalue weighted by Crippen LogP contribution is -2.15. The molecule has 1 heterocycles. The van der Waals surface area contributed by atoms with Gasteiger partial charge in [-0.1, -0.05) is 0 Å². The normalized spacial score (nSPS) is 10.1. The van der Waals surface area contributed by atoms with Crippen molar-refractivity contribution in [1.82, 2.24) is 10.2 Å². The van der Waals surface area contributed by atoms with Crippen LogP contribution < -0.4 is 10.2 Å². The molecule has 1 aromatic heterocycles. The number of carboxylic acid groups (broad SMARTS) is 1. The molecule has 0 aliphatic carbocycles. The van der Waals surface area contributed by atoms with E-state index in [0.29, 0.717) is 5.56 Å². The highest BCUT2D eigenvalue weighted by Gasteiger charge is 2.15. The van der Waals surface area contributed by atoms with Gasteiger partial charge in [0.25, 0.3) is 5.91 Å². The van der Waals surface area contributed by atoms with Crippen molar-refractivity contribution in [2.75, 3.05) is 24.3 Å². The van der Waals surface area contributed by atoms with Crippen molar-refractivity contribution < 1.29 is 14.7 Å². The molecule has 0 saturated carbocycles. The van der Waals surface area contributed by atoms with E-state index < -0.39 is 11.9 Å². The van der Waals surface area contributed by atoms with Crippen LogP contribution in [0.2, 0.25) is 0 Å². The van der Waals surface area contributed by atoms with Gasteiger partial charge in [-0.05, 0) is 24.3 Å². The van der Waals surface area contributed by atoms with Crippen LogP contribution in [-0.2, 0) is 0 Å². The van der Waals surface area contributed by atoms with Crippen molar-refractivity contribution in [1.29, 1.82) is 0 Å². The highest BCUT2D eigenvalue weighted by Crippen LogP contribution is 2.15. The Morgan fingerprint density at radius 2 is 1.90 bits per heavy atom. The van der Waals surface area contributed by atoms with Crippen LogP contribution in [0.5, 0.6) is 0 Å². The molecule has 7 nitrogen and oxygen atoms in total. The van der Waals surface area contributed by atoms with Gasteiger partial charge in [0.05, 0.1) is 6.20 Å². The number of aromatic nitrogens is 2. The third-order valence-electron chi connectivity index (χ3n) is 2.75. The number of nitrogens with zero attached hydrogens (tertiary/aromatic N) is 2. The summed E-state index contributed by atoms with van der Waals surface area (Å²) in [5.74, 6) is -1.49.